The first-order chi connectivity index (χ1) is 4.04. The highest BCUT2D eigenvalue weighted by Crippen LogP contribution is 1.94. The summed E-state index contributed by atoms with van der Waals surface area (Å²) in [5.74, 6) is 0. The fraction of sp³-hybridized carbons (Fsp3) is 0.571. The molecule has 0 fully saturated rings. The molecule has 2 nitrogen and oxygen atoms in total. The van der Waals surface area contributed by atoms with Crippen molar-refractivity contribution in [2.24, 2.45) is 0 Å². The summed E-state index contributed by atoms with van der Waals surface area (Å²) in [7, 11) is 3.93. The molecule has 0 aromatic heterocycles. The summed E-state index contributed by atoms with van der Waals surface area (Å²) >= 11 is 0. The fourth-order valence-electron chi connectivity index (χ4n) is 0.442. The Kier molecular flexibility index (Phi) is 2.99. The van der Waals surface area contributed by atoms with Gasteiger partial charge >= 0.3 is 0 Å². The number of allylic oxidation sites excluding steroid dienone is 2. The van der Waals surface area contributed by atoms with E-state index in [2.05, 4.69) is 0 Å². The van der Waals surface area contributed by atoms with Crippen molar-refractivity contribution in [2.45, 2.75) is 13.8 Å². The summed E-state index contributed by atoms with van der Waals surface area (Å²) in [6.45, 7) is 3.76. The fourth-order valence-corrected chi connectivity index (χ4v) is 0.442. The molecule has 0 rings (SSSR count). The first-order valence-electron chi connectivity index (χ1n) is 2.95. The van der Waals surface area contributed by atoms with E-state index in [1.54, 1.807) is 6.92 Å². The van der Waals surface area contributed by atoms with E-state index in [9.17, 15) is 0 Å². The minimum atomic E-state index is 0.598. The van der Waals surface area contributed by atoms with Crippen LogP contribution in [0.25, 0.3) is 0 Å². The van der Waals surface area contributed by atoms with Crippen LogP contribution in [0.15, 0.2) is 11.8 Å². The van der Waals surface area contributed by atoms with Crippen LogP contribution >= 0.6 is 0 Å². The minimum absolute atomic E-state index is 0.598. The van der Waals surface area contributed by atoms with Crippen LogP contribution < -0.4 is 0 Å². The van der Waals surface area contributed by atoms with Gasteiger partial charge in [0, 0.05) is 25.5 Å². The van der Waals surface area contributed by atoms with Gasteiger partial charge in [0.15, 0.2) is 0 Å². The Morgan fingerprint density at radius 1 is 1.33 bits per heavy atom. The van der Waals surface area contributed by atoms with Crippen LogP contribution in [0.3, 0.4) is 0 Å². The third-order valence-corrected chi connectivity index (χ3v) is 1.13. The zero-order valence-electron chi connectivity index (χ0n) is 6.52. The van der Waals surface area contributed by atoms with Crippen molar-refractivity contribution in [3.8, 4) is 0 Å². The standard InChI is InChI=1S/C7H14N2/c1-6(8)5-7(2)9(3)4/h5,8H,1-4H3/b7-5+,8-6?. The smallest absolute Gasteiger partial charge is 0.0300 e. The molecule has 0 saturated carbocycles. The van der Waals surface area contributed by atoms with E-state index in [1.165, 1.54) is 0 Å². The van der Waals surface area contributed by atoms with E-state index in [0.717, 1.165) is 5.70 Å². The molecular formula is C7H14N2. The lowest BCUT2D eigenvalue weighted by atomic mass is 10.3. The Bertz CT molecular complexity index is 134. The second kappa shape index (κ2) is 3.28. The third kappa shape index (κ3) is 3.76. The lowest BCUT2D eigenvalue weighted by molar-refractivity contribution is 0.514. The predicted molar refractivity (Wildman–Crippen MR) is 40.8 cm³/mol. The summed E-state index contributed by atoms with van der Waals surface area (Å²) in [6.07, 6.45) is 1.83. The molecule has 0 spiro atoms. The number of rotatable bonds is 2. The number of nitrogens with one attached hydrogen (secondary N) is 1. The molecule has 0 aromatic rings. The Morgan fingerprint density at radius 3 is 1.89 bits per heavy atom. The Balaban J connectivity index is 4.00. The highest BCUT2D eigenvalue weighted by atomic mass is 15.1. The van der Waals surface area contributed by atoms with Crippen molar-refractivity contribution in [3.63, 3.8) is 0 Å². The largest absolute Gasteiger partial charge is 0.381 e. The second-order valence-electron chi connectivity index (χ2n) is 2.36. The van der Waals surface area contributed by atoms with Crippen LogP contribution in [0.4, 0.5) is 0 Å². The van der Waals surface area contributed by atoms with E-state index in [-0.39, 0.29) is 0 Å². The van der Waals surface area contributed by atoms with Gasteiger partial charge in [0.1, 0.15) is 0 Å². The average Bonchev–Trinajstić information content (AvgIpc) is 1.63. The third-order valence-electron chi connectivity index (χ3n) is 1.13. The van der Waals surface area contributed by atoms with Crippen molar-refractivity contribution in [1.82, 2.24) is 4.90 Å². The van der Waals surface area contributed by atoms with Gasteiger partial charge in [-0.2, -0.15) is 0 Å². The van der Waals surface area contributed by atoms with Crippen LogP contribution in [0.5, 0.6) is 0 Å². The molecule has 2 heteroatoms. The summed E-state index contributed by atoms with van der Waals surface area (Å²) in [4.78, 5) is 1.98. The SMILES string of the molecule is CC(=N)/C=C(\C)N(C)C. The molecule has 0 amide bonds. The monoisotopic (exact) mass is 126 g/mol. The molecule has 0 aliphatic carbocycles. The minimum Gasteiger partial charge on any atom is -0.381 e. The summed E-state index contributed by atoms with van der Waals surface area (Å²) in [5.41, 5.74) is 1.71. The molecule has 1 N–H and O–H groups in total. The Hall–Kier alpha value is -0.790. The molecule has 0 unspecified atom stereocenters. The maximum absolute atomic E-state index is 7.12. The quantitative estimate of drug-likeness (QED) is 0.558. The highest BCUT2D eigenvalue weighted by molar-refractivity contribution is 5.90. The predicted octanol–water partition coefficient (Wildman–Crippen LogP) is 1.49. The second-order valence-corrected chi connectivity index (χ2v) is 2.36. The van der Waals surface area contributed by atoms with Gasteiger partial charge in [-0.25, -0.2) is 0 Å². The summed E-state index contributed by atoms with van der Waals surface area (Å²) in [5, 5.41) is 7.12. The summed E-state index contributed by atoms with van der Waals surface area (Å²) in [6, 6.07) is 0. The number of hydrogen-bond acceptors (Lipinski definition) is 2. The molecule has 0 aliphatic rings. The van der Waals surface area contributed by atoms with Gasteiger partial charge < -0.3 is 10.3 Å². The lowest BCUT2D eigenvalue weighted by Crippen LogP contribution is -2.08. The lowest BCUT2D eigenvalue weighted by Gasteiger charge is -2.11. The molecule has 0 saturated heterocycles. The van der Waals surface area contributed by atoms with E-state index < -0.39 is 0 Å². The maximum atomic E-state index is 7.12. The molecule has 0 aliphatic heterocycles. The van der Waals surface area contributed by atoms with Crippen LogP contribution in [0, 0.1) is 5.41 Å². The van der Waals surface area contributed by atoms with Crippen molar-refractivity contribution in [1.29, 1.82) is 5.41 Å². The normalized spacial score (nSPS) is 11.3. The molecule has 9 heavy (non-hydrogen) atoms. The average molecular weight is 126 g/mol. The van der Waals surface area contributed by atoms with E-state index in [1.807, 2.05) is 32.0 Å². The molecule has 0 radical (unpaired) electrons. The molecule has 0 bridgehead atoms. The van der Waals surface area contributed by atoms with Gasteiger partial charge in [0.25, 0.3) is 0 Å². The molecular weight excluding hydrogens is 112 g/mol. The van der Waals surface area contributed by atoms with Crippen molar-refractivity contribution < 1.29 is 0 Å². The number of hydrogen-bond donors (Lipinski definition) is 1. The van der Waals surface area contributed by atoms with Gasteiger partial charge in [-0.05, 0) is 19.9 Å². The molecule has 0 aromatic carbocycles. The molecule has 0 atom stereocenters. The van der Waals surface area contributed by atoms with Crippen LogP contribution in [-0.2, 0) is 0 Å². The van der Waals surface area contributed by atoms with Crippen LogP contribution in [0.2, 0.25) is 0 Å². The first kappa shape index (κ1) is 8.21. The Labute approximate surface area is 56.7 Å². The molecule has 52 valence electrons. The highest BCUT2D eigenvalue weighted by Gasteiger charge is 1.88. The molecule has 0 heterocycles. The van der Waals surface area contributed by atoms with E-state index >= 15 is 0 Å². The maximum Gasteiger partial charge on any atom is 0.0300 e. The van der Waals surface area contributed by atoms with Crippen molar-refractivity contribution in [2.75, 3.05) is 14.1 Å². The van der Waals surface area contributed by atoms with Crippen molar-refractivity contribution >= 4 is 5.71 Å². The summed E-state index contributed by atoms with van der Waals surface area (Å²) < 4.78 is 0. The van der Waals surface area contributed by atoms with Gasteiger partial charge in [-0.15, -0.1) is 0 Å². The Morgan fingerprint density at radius 2 is 1.78 bits per heavy atom. The number of nitrogens with zero attached hydrogens (tertiary/aromatic N) is 1. The zero-order chi connectivity index (χ0) is 7.44. The van der Waals surface area contributed by atoms with Crippen LogP contribution in [0.1, 0.15) is 13.8 Å². The topological polar surface area (TPSA) is 27.1 Å². The van der Waals surface area contributed by atoms with Gasteiger partial charge in [0.05, 0.1) is 0 Å². The van der Waals surface area contributed by atoms with Crippen LogP contribution in [-0.4, -0.2) is 24.7 Å². The van der Waals surface area contributed by atoms with E-state index in [0.29, 0.717) is 5.71 Å². The first-order valence-corrected chi connectivity index (χ1v) is 2.95. The van der Waals surface area contributed by atoms with Gasteiger partial charge in [-0.3, -0.25) is 0 Å². The van der Waals surface area contributed by atoms with Crippen molar-refractivity contribution in [3.05, 3.63) is 11.8 Å². The van der Waals surface area contributed by atoms with E-state index in [4.69, 9.17) is 5.41 Å². The van der Waals surface area contributed by atoms with Gasteiger partial charge in [0.2, 0.25) is 0 Å². The van der Waals surface area contributed by atoms with Gasteiger partial charge in [-0.1, -0.05) is 0 Å². The zero-order valence-corrected chi connectivity index (χ0v) is 6.52.